The van der Waals surface area contributed by atoms with Crippen molar-refractivity contribution in [3.63, 3.8) is 0 Å². The Morgan fingerprint density at radius 2 is 2.33 bits per heavy atom. The molecule has 0 fully saturated rings. The highest BCUT2D eigenvalue weighted by Gasteiger charge is 1.99. The fraction of sp³-hybridized carbons (Fsp3) is 0.500. The molecule has 0 radical (unpaired) electrons. The van der Waals surface area contributed by atoms with Crippen molar-refractivity contribution in [3.8, 4) is 0 Å². The zero-order valence-corrected chi connectivity index (χ0v) is 5.33. The first-order valence-corrected chi connectivity index (χ1v) is 3.22. The minimum atomic E-state index is -3.06. The van der Waals surface area contributed by atoms with Crippen LogP contribution < -0.4 is 5.48 Å². The molecule has 54 valence electrons. The van der Waals surface area contributed by atoms with Crippen molar-refractivity contribution < 1.29 is 24.0 Å². The minimum absolute atomic E-state index is 0.606. The third kappa shape index (κ3) is 5.45. The van der Waals surface area contributed by atoms with Gasteiger partial charge in [0.2, 0.25) is 0 Å². The highest BCUT2D eigenvalue weighted by molar-refractivity contribution is 7.32. The van der Waals surface area contributed by atoms with E-state index in [4.69, 9.17) is 10.1 Å². The number of carbonyl (C=O) groups is 1. The van der Waals surface area contributed by atoms with Crippen LogP contribution >= 0.6 is 8.25 Å². The van der Waals surface area contributed by atoms with Crippen LogP contribution in [0.5, 0.6) is 0 Å². The van der Waals surface area contributed by atoms with Gasteiger partial charge in [0.15, 0.2) is 0 Å². The summed E-state index contributed by atoms with van der Waals surface area (Å²) >= 11 is 0. The van der Waals surface area contributed by atoms with Crippen LogP contribution in [0.15, 0.2) is 0 Å². The quantitative estimate of drug-likeness (QED) is 0.273. The van der Waals surface area contributed by atoms with E-state index in [1.165, 1.54) is 5.48 Å². The van der Waals surface area contributed by atoms with Gasteiger partial charge in [0.1, 0.15) is 6.61 Å². The standard InChI is InChI=1S/C2H6NO5P/c4-2(3-5)1-8-9(6)7/h5,9H,1H2,(H,3,4)(H,6,7). The summed E-state index contributed by atoms with van der Waals surface area (Å²) in [7, 11) is -3.06. The number of amides is 1. The van der Waals surface area contributed by atoms with E-state index < -0.39 is 20.8 Å². The molecule has 7 heteroatoms. The van der Waals surface area contributed by atoms with Gasteiger partial charge in [0.25, 0.3) is 5.91 Å². The Bertz CT molecular complexity index is 124. The van der Waals surface area contributed by atoms with Crippen LogP contribution in [0, 0.1) is 0 Å². The Labute approximate surface area is 51.3 Å². The van der Waals surface area contributed by atoms with Crippen molar-refractivity contribution in [1.82, 2.24) is 5.48 Å². The maximum atomic E-state index is 10.00. The first kappa shape index (κ1) is 8.58. The Morgan fingerprint density at radius 3 is 2.67 bits per heavy atom. The van der Waals surface area contributed by atoms with Gasteiger partial charge in [-0.1, -0.05) is 0 Å². The summed E-state index contributed by atoms with van der Waals surface area (Å²) in [6.45, 7) is -0.606. The molecule has 0 heterocycles. The zero-order valence-electron chi connectivity index (χ0n) is 4.33. The van der Waals surface area contributed by atoms with E-state index in [1.54, 1.807) is 0 Å². The molecule has 9 heavy (non-hydrogen) atoms. The predicted molar refractivity (Wildman–Crippen MR) is 27.1 cm³/mol. The van der Waals surface area contributed by atoms with Gasteiger partial charge in [-0.3, -0.25) is 14.6 Å². The molecule has 0 rings (SSSR count). The van der Waals surface area contributed by atoms with E-state index in [9.17, 15) is 9.36 Å². The summed E-state index contributed by atoms with van der Waals surface area (Å²) in [4.78, 5) is 18.0. The van der Waals surface area contributed by atoms with Gasteiger partial charge in [-0.2, -0.15) is 0 Å². The summed E-state index contributed by atoms with van der Waals surface area (Å²) < 4.78 is 13.6. The molecule has 0 saturated heterocycles. The third-order valence-corrected chi connectivity index (χ3v) is 0.843. The average Bonchev–Trinajstić information content (AvgIpc) is 1.83. The second-order valence-electron chi connectivity index (χ2n) is 1.09. The number of hydrogen-bond acceptors (Lipinski definition) is 4. The summed E-state index contributed by atoms with van der Waals surface area (Å²) in [5.74, 6) is -0.859. The highest BCUT2D eigenvalue weighted by atomic mass is 31.1. The van der Waals surface area contributed by atoms with Crippen LogP contribution in [-0.4, -0.2) is 22.6 Å². The maximum Gasteiger partial charge on any atom is 0.317 e. The van der Waals surface area contributed by atoms with Crippen LogP contribution in [0.1, 0.15) is 0 Å². The third-order valence-electron chi connectivity index (χ3n) is 0.451. The fourth-order valence-corrected chi connectivity index (χ4v) is 0.414. The second kappa shape index (κ2) is 4.46. The van der Waals surface area contributed by atoms with E-state index in [-0.39, 0.29) is 0 Å². The van der Waals surface area contributed by atoms with Crippen molar-refractivity contribution in [2.45, 2.75) is 0 Å². The van der Waals surface area contributed by atoms with Gasteiger partial charge in [-0.25, -0.2) is 5.48 Å². The molecule has 0 aliphatic rings. The molecule has 1 amide bonds. The first-order valence-electron chi connectivity index (χ1n) is 1.95. The lowest BCUT2D eigenvalue weighted by molar-refractivity contribution is -0.131. The lowest BCUT2D eigenvalue weighted by Gasteiger charge is -1.95. The number of carbonyl (C=O) groups excluding carboxylic acids is 1. The molecule has 0 saturated carbocycles. The summed E-state index contributed by atoms with van der Waals surface area (Å²) in [5, 5.41) is 7.80. The molecule has 3 N–H and O–H groups in total. The van der Waals surface area contributed by atoms with Crippen LogP contribution in [0.4, 0.5) is 0 Å². The molecule has 0 aromatic heterocycles. The van der Waals surface area contributed by atoms with Gasteiger partial charge < -0.3 is 9.42 Å². The number of hydrogen-bond donors (Lipinski definition) is 3. The molecule has 0 spiro atoms. The Morgan fingerprint density at radius 1 is 1.78 bits per heavy atom. The van der Waals surface area contributed by atoms with Gasteiger partial charge in [-0.05, 0) is 0 Å². The molecule has 6 nitrogen and oxygen atoms in total. The summed E-state index contributed by atoms with van der Waals surface area (Å²) in [6.07, 6.45) is 0. The van der Waals surface area contributed by atoms with E-state index in [0.29, 0.717) is 0 Å². The first-order chi connectivity index (χ1) is 4.16. The molecule has 0 aliphatic carbocycles. The number of nitrogens with one attached hydrogen (secondary N) is 1. The van der Waals surface area contributed by atoms with Crippen molar-refractivity contribution >= 4 is 14.2 Å². The van der Waals surface area contributed by atoms with Gasteiger partial charge in [0, 0.05) is 0 Å². The van der Waals surface area contributed by atoms with Crippen LogP contribution in [0.25, 0.3) is 0 Å². The van der Waals surface area contributed by atoms with E-state index >= 15 is 0 Å². The van der Waals surface area contributed by atoms with Crippen LogP contribution in [0.2, 0.25) is 0 Å². The minimum Gasteiger partial charge on any atom is -0.326 e. The monoisotopic (exact) mass is 155 g/mol. The molecule has 1 atom stereocenters. The van der Waals surface area contributed by atoms with E-state index in [0.717, 1.165) is 0 Å². The fourth-order valence-electron chi connectivity index (χ4n) is 0.160. The topological polar surface area (TPSA) is 95.9 Å². The summed E-state index contributed by atoms with van der Waals surface area (Å²) in [6, 6.07) is 0. The normalized spacial score (nSPS) is 12.7. The van der Waals surface area contributed by atoms with Crippen molar-refractivity contribution in [1.29, 1.82) is 0 Å². The maximum absolute atomic E-state index is 10.00. The SMILES string of the molecule is O=C(CO[PH](=O)O)NO. The largest absolute Gasteiger partial charge is 0.326 e. The van der Waals surface area contributed by atoms with Crippen molar-refractivity contribution in [2.24, 2.45) is 0 Å². The Balaban J connectivity index is 3.28. The highest BCUT2D eigenvalue weighted by Crippen LogP contribution is 2.12. The number of rotatable bonds is 3. The molecule has 1 unspecified atom stereocenters. The molecular weight excluding hydrogens is 149 g/mol. The van der Waals surface area contributed by atoms with E-state index in [2.05, 4.69) is 4.52 Å². The van der Waals surface area contributed by atoms with Gasteiger partial charge in [0.05, 0.1) is 0 Å². The zero-order chi connectivity index (χ0) is 7.28. The Kier molecular flexibility index (Phi) is 4.25. The van der Waals surface area contributed by atoms with Crippen LogP contribution in [0.3, 0.4) is 0 Å². The van der Waals surface area contributed by atoms with Crippen LogP contribution in [-0.2, 0) is 13.9 Å². The second-order valence-corrected chi connectivity index (χ2v) is 1.91. The Hall–Kier alpha value is -0.420. The van der Waals surface area contributed by atoms with Crippen molar-refractivity contribution in [2.75, 3.05) is 6.61 Å². The van der Waals surface area contributed by atoms with E-state index in [1.807, 2.05) is 0 Å². The lowest BCUT2D eigenvalue weighted by Crippen LogP contribution is -2.22. The molecule has 0 bridgehead atoms. The molecule has 0 aliphatic heterocycles. The molecule has 0 aromatic carbocycles. The molecular formula is C2H6NO5P. The summed E-state index contributed by atoms with van der Waals surface area (Å²) in [5.41, 5.74) is 1.22. The predicted octanol–water partition coefficient (Wildman–Crippen LogP) is -1.11. The lowest BCUT2D eigenvalue weighted by atomic mass is 10.7. The molecule has 0 aromatic rings. The average molecular weight is 155 g/mol. The van der Waals surface area contributed by atoms with Crippen molar-refractivity contribution in [3.05, 3.63) is 0 Å². The number of hydroxylamine groups is 1. The van der Waals surface area contributed by atoms with Gasteiger partial charge in [-0.15, -0.1) is 0 Å². The smallest absolute Gasteiger partial charge is 0.317 e. The van der Waals surface area contributed by atoms with Gasteiger partial charge >= 0.3 is 8.25 Å².